The van der Waals surface area contributed by atoms with Crippen molar-refractivity contribution in [1.29, 1.82) is 0 Å². The van der Waals surface area contributed by atoms with E-state index in [2.05, 4.69) is 29.3 Å². The maximum absolute atomic E-state index is 5.43. The fourth-order valence-corrected chi connectivity index (χ4v) is 2.71. The van der Waals surface area contributed by atoms with Crippen molar-refractivity contribution in [1.82, 2.24) is 4.98 Å². The lowest BCUT2D eigenvalue weighted by atomic mass is 10.2. The van der Waals surface area contributed by atoms with E-state index in [4.69, 9.17) is 4.74 Å². The number of fused-ring (bicyclic) bond motifs is 1. The number of nitrogens with zero attached hydrogens (tertiary/aromatic N) is 1. The zero-order valence-electron chi connectivity index (χ0n) is 8.27. The van der Waals surface area contributed by atoms with Gasteiger partial charge in [0.25, 0.3) is 0 Å². The van der Waals surface area contributed by atoms with Crippen LogP contribution in [0, 0.1) is 0 Å². The summed E-state index contributed by atoms with van der Waals surface area (Å²) in [7, 11) is 0. The van der Waals surface area contributed by atoms with E-state index < -0.39 is 0 Å². The van der Waals surface area contributed by atoms with Gasteiger partial charge in [0.15, 0.2) is 0 Å². The van der Waals surface area contributed by atoms with E-state index in [0.717, 1.165) is 23.6 Å². The van der Waals surface area contributed by atoms with Crippen molar-refractivity contribution >= 4 is 27.1 Å². The second-order valence-electron chi connectivity index (χ2n) is 3.56. The zero-order chi connectivity index (χ0) is 10.1. The molecule has 2 aromatic rings. The van der Waals surface area contributed by atoms with Crippen LogP contribution in [-0.4, -0.2) is 18.2 Å². The number of thiazole rings is 1. The van der Waals surface area contributed by atoms with Gasteiger partial charge in [-0.2, -0.15) is 0 Å². The van der Waals surface area contributed by atoms with Crippen LogP contribution in [0.15, 0.2) is 30.3 Å². The summed E-state index contributed by atoms with van der Waals surface area (Å²) in [5, 5.41) is 1.11. The number of para-hydroxylation sites is 1. The molecule has 3 heteroatoms. The first-order chi connectivity index (χ1) is 7.43. The van der Waals surface area contributed by atoms with Gasteiger partial charge in [0.05, 0.1) is 23.4 Å². The van der Waals surface area contributed by atoms with Crippen LogP contribution in [-0.2, 0) is 4.74 Å². The van der Waals surface area contributed by atoms with Gasteiger partial charge in [0.1, 0.15) is 5.01 Å². The van der Waals surface area contributed by atoms with E-state index in [0.29, 0.717) is 6.61 Å². The zero-order valence-corrected chi connectivity index (χ0v) is 9.09. The first-order valence-electron chi connectivity index (χ1n) is 5.06. The third-order valence-corrected chi connectivity index (χ3v) is 3.59. The number of ether oxygens (including phenoxy) is 1. The minimum Gasteiger partial charge on any atom is -0.376 e. The Labute approximate surface area is 92.2 Å². The average Bonchev–Trinajstić information content (AvgIpc) is 2.74. The van der Waals surface area contributed by atoms with Gasteiger partial charge in [-0.1, -0.05) is 18.2 Å². The quantitative estimate of drug-likeness (QED) is 0.732. The molecule has 0 unspecified atom stereocenters. The van der Waals surface area contributed by atoms with Gasteiger partial charge in [-0.05, 0) is 18.6 Å². The molecule has 0 spiro atoms. The molecule has 0 fully saturated rings. The van der Waals surface area contributed by atoms with Gasteiger partial charge < -0.3 is 4.74 Å². The molecule has 2 heterocycles. The van der Waals surface area contributed by atoms with Crippen molar-refractivity contribution in [2.45, 2.75) is 6.42 Å². The van der Waals surface area contributed by atoms with E-state index in [9.17, 15) is 0 Å². The molecule has 3 rings (SSSR count). The molecule has 0 bridgehead atoms. The lowest BCUT2D eigenvalue weighted by Crippen LogP contribution is -2.04. The summed E-state index contributed by atoms with van der Waals surface area (Å²) in [6.45, 7) is 1.55. The molecule has 0 atom stereocenters. The molecule has 1 aliphatic heterocycles. The highest BCUT2D eigenvalue weighted by molar-refractivity contribution is 7.19. The average molecular weight is 217 g/mol. The third-order valence-electron chi connectivity index (χ3n) is 2.48. The van der Waals surface area contributed by atoms with E-state index in [1.165, 1.54) is 10.3 Å². The molecule has 0 saturated carbocycles. The van der Waals surface area contributed by atoms with Crippen molar-refractivity contribution in [2.75, 3.05) is 13.2 Å². The maximum Gasteiger partial charge on any atom is 0.122 e. The molecule has 2 nitrogen and oxygen atoms in total. The fourth-order valence-electron chi connectivity index (χ4n) is 1.72. The van der Waals surface area contributed by atoms with Crippen LogP contribution in [0.5, 0.6) is 0 Å². The van der Waals surface area contributed by atoms with Crippen LogP contribution >= 0.6 is 11.3 Å². The van der Waals surface area contributed by atoms with Crippen LogP contribution in [0.25, 0.3) is 15.8 Å². The lowest BCUT2D eigenvalue weighted by Gasteiger charge is -2.10. The summed E-state index contributed by atoms with van der Waals surface area (Å²) in [6.07, 6.45) is 3.24. The van der Waals surface area contributed by atoms with Crippen molar-refractivity contribution in [3.63, 3.8) is 0 Å². The van der Waals surface area contributed by atoms with Crippen LogP contribution in [0.2, 0.25) is 0 Å². The van der Waals surface area contributed by atoms with E-state index in [1.54, 1.807) is 11.3 Å². The summed E-state index contributed by atoms with van der Waals surface area (Å²) >= 11 is 1.74. The molecule has 1 aromatic carbocycles. The smallest absolute Gasteiger partial charge is 0.122 e. The summed E-state index contributed by atoms with van der Waals surface area (Å²) < 4.78 is 6.68. The highest BCUT2D eigenvalue weighted by atomic mass is 32.1. The molecule has 0 aliphatic carbocycles. The van der Waals surface area contributed by atoms with Gasteiger partial charge in [0.2, 0.25) is 0 Å². The molecular weight excluding hydrogens is 206 g/mol. The van der Waals surface area contributed by atoms with Crippen LogP contribution < -0.4 is 0 Å². The predicted molar refractivity (Wildman–Crippen MR) is 63.0 cm³/mol. The molecule has 15 heavy (non-hydrogen) atoms. The van der Waals surface area contributed by atoms with Crippen LogP contribution in [0.3, 0.4) is 0 Å². The second kappa shape index (κ2) is 3.76. The topological polar surface area (TPSA) is 22.1 Å². The SMILES string of the molecule is C1=C(c2nc3ccccc3s2)COCC1. The van der Waals surface area contributed by atoms with Gasteiger partial charge in [0, 0.05) is 5.57 Å². The van der Waals surface area contributed by atoms with Crippen molar-refractivity contribution in [3.05, 3.63) is 35.3 Å². The second-order valence-corrected chi connectivity index (χ2v) is 4.59. The molecule has 0 radical (unpaired) electrons. The largest absolute Gasteiger partial charge is 0.376 e. The Morgan fingerprint density at radius 1 is 1.27 bits per heavy atom. The Bertz CT molecular complexity index is 482. The summed E-state index contributed by atoms with van der Waals surface area (Å²) in [6, 6.07) is 8.24. The Kier molecular flexibility index (Phi) is 2.27. The number of hydrogen-bond donors (Lipinski definition) is 0. The Balaban J connectivity index is 2.07. The standard InChI is InChI=1S/C12H11NOS/c1-2-6-11-10(5-1)13-12(15-11)9-4-3-7-14-8-9/h1-2,4-6H,3,7-8H2. The predicted octanol–water partition coefficient (Wildman–Crippen LogP) is 3.10. The van der Waals surface area contributed by atoms with E-state index in [-0.39, 0.29) is 0 Å². The Morgan fingerprint density at radius 3 is 3.00 bits per heavy atom. The summed E-state index contributed by atoms with van der Waals surface area (Å²) in [4.78, 5) is 4.61. The highest BCUT2D eigenvalue weighted by Crippen LogP contribution is 2.28. The molecule has 1 aliphatic rings. The first kappa shape index (κ1) is 9.07. The normalized spacial score (nSPS) is 16.7. The van der Waals surface area contributed by atoms with Gasteiger partial charge in [-0.15, -0.1) is 11.3 Å². The molecule has 0 amide bonds. The molecule has 0 saturated heterocycles. The van der Waals surface area contributed by atoms with Gasteiger partial charge >= 0.3 is 0 Å². The Morgan fingerprint density at radius 2 is 2.20 bits per heavy atom. The number of rotatable bonds is 1. The van der Waals surface area contributed by atoms with E-state index >= 15 is 0 Å². The van der Waals surface area contributed by atoms with Gasteiger partial charge in [-0.3, -0.25) is 0 Å². The minimum absolute atomic E-state index is 0.708. The number of benzene rings is 1. The number of hydrogen-bond acceptors (Lipinski definition) is 3. The maximum atomic E-state index is 5.43. The monoisotopic (exact) mass is 217 g/mol. The van der Waals surface area contributed by atoms with Gasteiger partial charge in [-0.25, -0.2) is 4.98 Å². The third kappa shape index (κ3) is 1.68. The molecular formula is C12H11NOS. The van der Waals surface area contributed by atoms with E-state index in [1.807, 2.05) is 6.07 Å². The summed E-state index contributed by atoms with van der Waals surface area (Å²) in [5.41, 5.74) is 2.33. The minimum atomic E-state index is 0.708. The number of aromatic nitrogens is 1. The fraction of sp³-hybridized carbons (Fsp3) is 0.250. The van der Waals surface area contributed by atoms with Crippen LogP contribution in [0.4, 0.5) is 0 Å². The van der Waals surface area contributed by atoms with Crippen molar-refractivity contribution in [2.24, 2.45) is 0 Å². The molecule has 0 N–H and O–H groups in total. The highest BCUT2D eigenvalue weighted by Gasteiger charge is 2.10. The van der Waals surface area contributed by atoms with Crippen LogP contribution in [0.1, 0.15) is 11.4 Å². The van der Waals surface area contributed by atoms with Crippen molar-refractivity contribution < 1.29 is 4.74 Å². The summed E-state index contributed by atoms with van der Waals surface area (Å²) in [5.74, 6) is 0. The lowest BCUT2D eigenvalue weighted by molar-refractivity contribution is 0.164. The molecule has 76 valence electrons. The molecule has 1 aromatic heterocycles. The van der Waals surface area contributed by atoms with Crippen molar-refractivity contribution in [3.8, 4) is 0 Å². The first-order valence-corrected chi connectivity index (χ1v) is 5.88. The Hall–Kier alpha value is -1.19.